The number of hydrogen-bond acceptors (Lipinski definition) is 1. The van der Waals surface area contributed by atoms with Crippen LogP contribution in [0, 0.1) is 5.95 Å². The van der Waals surface area contributed by atoms with Gasteiger partial charge in [0.05, 0.1) is 0 Å². The van der Waals surface area contributed by atoms with E-state index in [4.69, 9.17) is 0 Å². The highest BCUT2D eigenvalue weighted by Gasteiger charge is 1.89. The first-order valence-electron chi connectivity index (χ1n) is 3.07. The van der Waals surface area contributed by atoms with Crippen LogP contribution in [0.15, 0.2) is 24.4 Å². The van der Waals surface area contributed by atoms with E-state index < -0.39 is 5.95 Å². The molecular formula is C8H8FN. The minimum Gasteiger partial charge on any atom is -0.228 e. The van der Waals surface area contributed by atoms with E-state index in [9.17, 15) is 4.39 Å². The molecule has 0 amide bonds. The second-order valence-corrected chi connectivity index (χ2v) is 1.91. The molecule has 0 fully saturated rings. The third-order valence-corrected chi connectivity index (χ3v) is 1.11. The van der Waals surface area contributed by atoms with Gasteiger partial charge in [0.1, 0.15) is 0 Å². The fourth-order valence-corrected chi connectivity index (χ4v) is 0.714. The SMILES string of the molecule is CC=Cc1ccnc(F)c1. The fraction of sp³-hybridized carbons (Fsp3) is 0.125. The Kier molecular flexibility index (Phi) is 2.15. The van der Waals surface area contributed by atoms with Crippen molar-refractivity contribution in [3.05, 3.63) is 35.9 Å². The van der Waals surface area contributed by atoms with Crippen LogP contribution in [0.3, 0.4) is 0 Å². The molecule has 1 rings (SSSR count). The van der Waals surface area contributed by atoms with Crippen LogP contribution < -0.4 is 0 Å². The van der Waals surface area contributed by atoms with Crippen molar-refractivity contribution in [1.82, 2.24) is 4.98 Å². The van der Waals surface area contributed by atoms with Gasteiger partial charge in [0.2, 0.25) is 5.95 Å². The van der Waals surface area contributed by atoms with Gasteiger partial charge < -0.3 is 0 Å². The molecule has 1 nitrogen and oxygen atoms in total. The first kappa shape index (κ1) is 6.93. The van der Waals surface area contributed by atoms with Crippen LogP contribution in [0.4, 0.5) is 4.39 Å². The highest BCUT2D eigenvalue weighted by Crippen LogP contribution is 2.01. The summed E-state index contributed by atoms with van der Waals surface area (Å²) >= 11 is 0. The highest BCUT2D eigenvalue weighted by atomic mass is 19.1. The summed E-state index contributed by atoms with van der Waals surface area (Å²) in [6.45, 7) is 1.89. The molecule has 0 N–H and O–H groups in total. The van der Waals surface area contributed by atoms with Crippen LogP contribution in [-0.4, -0.2) is 4.98 Å². The van der Waals surface area contributed by atoms with E-state index in [-0.39, 0.29) is 0 Å². The number of hydrogen-bond donors (Lipinski definition) is 0. The molecule has 2 heteroatoms. The molecule has 1 aromatic rings. The summed E-state index contributed by atoms with van der Waals surface area (Å²) in [5.74, 6) is -0.435. The predicted octanol–water partition coefficient (Wildman–Crippen LogP) is 2.25. The van der Waals surface area contributed by atoms with E-state index in [1.54, 1.807) is 6.07 Å². The van der Waals surface area contributed by atoms with Crippen molar-refractivity contribution in [1.29, 1.82) is 0 Å². The lowest BCUT2D eigenvalue weighted by atomic mass is 10.2. The number of aromatic nitrogens is 1. The quantitative estimate of drug-likeness (QED) is 0.541. The molecule has 0 aliphatic rings. The molecule has 0 spiro atoms. The summed E-state index contributed by atoms with van der Waals surface area (Å²) in [4.78, 5) is 3.42. The average molecular weight is 137 g/mol. The van der Waals surface area contributed by atoms with Gasteiger partial charge in [0.15, 0.2) is 0 Å². The molecule has 0 aliphatic carbocycles. The zero-order valence-electron chi connectivity index (χ0n) is 5.71. The van der Waals surface area contributed by atoms with E-state index in [1.807, 2.05) is 19.1 Å². The van der Waals surface area contributed by atoms with E-state index in [1.165, 1.54) is 12.3 Å². The van der Waals surface area contributed by atoms with Crippen LogP contribution in [0.5, 0.6) is 0 Å². The number of nitrogens with zero attached hydrogens (tertiary/aromatic N) is 1. The van der Waals surface area contributed by atoms with Crippen molar-refractivity contribution in [2.45, 2.75) is 6.92 Å². The van der Waals surface area contributed by atoms with Crippen LogP contribution in [0.25, 0.3) is 6.08 Å². The molecule has 0 saturated heterocycles. The van der Waals surface area contributed by atoms with Crippen molar-refractivity contribution < 1.29 is 4.39 Å². The van der Waals surface area contributed by atoms with Crippen molar-refractivity contribution in [3.8, 4) is 0 Å². The number of rotatable bonds is 1. The molecule has 0 bridgehead atoms. The van der Waals surface area contributed by atoms with Crippen molar-refractivity contribution in [2.75, 3.05) is 0 Å². The minimum atomic E-state index is -0.435. The van der Waals surface area contributed by atoms with Gasteiger partial charge in [-0.1, -0.05) is 12.2 Å². The average Bonchev–Trinajstić information content (AvgIpc) is 1.88. The van der Waals surface area contributed by atoms with Gasteiger partial charge in [-0.25, -0.2) is 4.98 Å². The number of halogens is 1. The van der Waals surface area contributed by atoms with E-state index in [0.29, 0.717) is 0 Å². The normalized spacial score (nSPS) is 10.6. The zero-order chi connectivity index (χ0) is 7.40. The molecular weight excluding hydrogens is 129 g/mol. The Morgan fingerprint density at radius 1 is 1.60 bits per heavy atom. The second kappa shape index (κ2) is 3.11. The summed E-state index contributed by atoms with van der Waals surface area (Å²) < 4.78 is 12.3. The minimum absolute atomic E-state index is 0.435. The maximum absolute atomic E-state index is 12.3. The molecule has 0 saturated carbocycles. The van der Waals surface area contributed by atoms with Gasteiger partial charge in [-0.05, 0) is 18.6 Å². The third kappa shape index (κ3) is 1.65. The molecule has 0 aromatic carbocycles. The maximum atomic E-state index is 12.3. The number of allylic oxidation sites excluding steroid dienone is 1. The standard InChI is InChI=1S/C8H8FN/c1-2-3-7-4-5-10-8(9)6-7/h2-6H,1H3. The summed E-state index contributed by atoms with van der Waals surface area (Å²) in [6, 6.07) is 3.14. The summed E-state index contributed by atoms with van der Waals surface area (Å²) in [7, 11) is 0. The summed E-state index contributed by atoms with van der Waals surface area (Å²) in [6.07, 6.45) is 5.13. The second-order valence-electron chi connectivity index (χ2n) is 1.91. The van der Waals surface area contributed by atoms with Gasteiger partial charge in [-0.2, -0.15) is 4.39 Å². The van der Waals surface area contributed by atoms with Crippen LogP contribution in [-0.2, 0) is 0 Å². The van der Waals surface area contributed by atoms with Crippen molar-refractivity contribution in [2.24, 2.45) is 0 Å². The third-order valence-electron chi connectivity index (χ3n) is 1.11. The van der Waals surface area contributed by atoms with Gasteiger partial charge >= 0.3 is 0 Å². The van der Waals surface area contributed by atoms with Gasteiger partial charge in [0, 0.05) is 12.3 Å². The number of pyridine rings is 1. The fourth-order valence-electron chi connectivity index (χ4n) is 0.714. The Balaban J connectivity index is 2.95. The van der Waals surface area contributed by atoms with Gasteiger partial charge in [-0.15, -0.1) is 0 Å². The van der Waals surface area contributed by atoms with Crippen LogP contribution in [0.2, 0.25) is 0 Å². The van der Waals surface area contributed by atoms with Crippen molar-refractivity contribution >= 4 is 6.08 Å². The highest BCUT2D eigenvalue weighted by molar-refractivity contribution is 5.47. The largest absolute Gasteiger partial charge is 0.228 e. The zero-order valence-corrected chi connectivity index (χ0v) is 5.71. The Labute approximate surface area is 59.2 Å². The maximum Gasteiger partial charge on any atom is 0.213 e. The van der Waals surface area contributed by atoms with E-state index >= 15 is 0 Å². The lowest BCUT2D eigenvalue weighted by Crippen LogP contribution is -1.80. The predicted molar refractivity (Wildman–Crippen MR) is 38.9 cm³/mol. The smallest absolute Gasteiger partial charge is 0.213 e. The summed E-state index contributed by atoms with van der Waals surface area (Å²) in [5, 5.41) is 0. The molecule has 0 unspecified atom stereocenters. The van der Waals surface area contributed by atoms with Gasteiger partial charge in [-0.3, -0.25) is 0 Å². The molecule has 0 radical (unpaired) electrons. The summed E-state index contributed by atoms with van der Waals surface area (Å²) in [5.41, 5.74) is 0.843. The van der Waals surface area contributed by atoms with Gasteiger partial charge in [0.25, 0.3) is 0 Å². The Hall–Kier alpha value is -1.18. The van der Waals surface area contributed by atoms with Crippen LogP contribution in [0.1, 0.15) is 12.5 Å². The first-order valence-corrected chi connectivity index (χ1v) is 3.07. The molecule has 1 heterocycles. The lowest BCUT2D eigenvalue weighted by Gasteiger charge is -1.89. The molecule has 10 heavy (non-hydrogen) atoms. The molecule has 1 aromatic heterocycles. The van der Waals surface area contributed by atoms with Crippen LogP contribution >= 0.6 is 0 Å². The Bertz CT molecular complexity index is 243. The van der Waals surface area contributed by atoms with Crippen molar-refractivity contribution in [3.63, 3.8) is 0 Å². The molecule has 0 aliphatic heterocycles. The van der Waals surface area contributed by atoms with E-state index in [0.717, 1.165) is 5.56 Å². The lowest BCUT2D eigenvalue weighted by molar-refractivity contribution is 0.583. The molecule has 52 valence electrons. The Morgan fingerprint density at radius 3 is 3.00 bits per heavy atom. The molecule has 0 atom stereocenters. The van der Waals surface area contributed by atoms with E-state index in [2.05, 4.69) is 4.98 Å². The monoisotopic (exact) mass is 137 g/mol. The first-order chi connectivity index (χ1) is 4.83. The topological polar surface area (TPSA) is 12.9 Å². The Morgan fingerprint density at radius 2 is 2.40 bits per heavy atom.